The van der Waals surface area contributed by atoms with E-state index in [1.165, 1.54) is 11.3 Å². The zero-order chi connectivity index (χ0) is 25.7. The molecule has 0 spiro atoms. The number of aliphatic hydroxyl groups is 4. The molecule has 1 aromatic carbocycles. The summed E-state index contributed by atoms with van der Waals surface area (Å²) in [6, 6.07) is 7.57. The third-order valence-corrected chi connectivity index (χ3v) is 7.17. The fourth-order valence-electron chi connectivity index (χ4n) is 3.29. The lowest BCUT2D eigenvalue weighted by atomic mass is 10.2. The van der Waals surface area contributed by atoms with E-state index < -0.39 is 31.3 Å². The highest BCUT2D eigenvalue weighted by Gasteiger charge is 2.20. The van der Waals surface area contributed by atoms with Crippen molar-refractivity contribution in [3.05, 3.63) is 46.5 Å². The van der Waals surface area contributed by atoms with Gasteiger partial charge in [0.25, 0.3) is 5.91 Å². The normalized spacial score (nSPS) is 12.9. The van der Waals surface area contributed by atoms with E-state index in [1.54, 1.807) is 24.7 Å². The minimum Gasteiger partial charge on any atom is -0.394 e. The molecule has 0 bridgehead atoms. The van der Waals surface area contributed by atoms with Crippen LogP contribution in [0.4, 0.5) is 17.2 Å². The molecule has 11 nitrogen and oxygen atoms in total. The monoisotopic (exact) mass is 530 g/mol. The Morgan fingerprint density at radius 2 is 1.86 bits per heavy atom. The maximum Gasteiger partial charge on any atom is 0.263 e. The molecule has 2 atom stereocenters. The SMILES string of the molecule is Cc1nc(-c2cnc(Nc3ccc4ncsc4c3)cc2NCC(O)CO)sc1C(=O)NCC(O)CO. The molecule has 0 aliphatic carbocycles. The van der Waals surface area contributed by atoms with Gasteiger partial charge in [0, 0.05) is 36.7 Å². The summed E-state index contributed by atoms with van der Waals surface area (Å²) in [5, 5.41) is 47.0. The molecule has 0 aliphatic rings. The van der Waals surface area contributed by atoms with Gasteiger partial charge in [-0.2, -0.15) is 0 Å². The van der Waals surface area contributed by atoms with E-state index in [9.17, 15) is 20.1 Å². The van der Waals surface area contributed by atoms with Crippen LogP contribution >= 0.6 is 22.7 Å². The number of fused-ring (bicyclic) bond motifs is 1. The minimum atomic E-state index is -1.04. The molecule has 2 unspecified atom stereocenters. The van der Waals surface area contributed by atoms with Gasteiger partial charge in [-0.15, -0.1) is 22.7 Å². The van der Waals surface area contributed by atoms with Crippen molar-refractivity contribution in [2.24, 2.45) is 0 Å². The van der Waals surface area contributed by atoms with Crippen LogP contribution in [0, 0.1) is 6.92 Å². The Hall–Kier alpha value is -3.20. The number of aliphatic hydroxyl groups excluding tert-OH is 4. The first kappa shape index (κ1) is 25.9. The molecule has 13 heteroatoms. The molecular formula is C23H26N6O5S2. The third-order valence-electron chi connectivity index (χ3n) is 5.19. The summed E-state index contributed by atoms with van der Waals surface area (Å²) < 4.78 is 1.04. The van der Waals surface area contributed by atoms with E-state index in [1.807, 2.05) is 18.2 Å². The Balaban J connectivity index is 1.61. The summed E-state index contributed by atoms with van der Waals surface area (Å²) in [5.74, 6) is 0.145. The number of nitrogens with zero attached hydrogens (tertiary/aromatic N) is 3. The largest absolute Gasteiger partial charge is 0.394 e. The fourth-order valence-corrected chi connectivity index (χ4v) is 5.01. The van der Waals surface area contributed by atoms with Gasteiger partial charge >= 0.3 is 0 Å². The van der Waals surface area contributed by atoms with Crippen molar-refractivity contribution in [3.63, 3.8) is 0 Å². The van der Waals surface area contributed by atoms with Crippen LogP contribution in [0.1, 0.15) is 15.4 Å². The Morgan fingerprint density at radius 1 is 1.08 bits per heavy atom. The van der Waals surface area contributed by atoms with Crippen LogP contribution in [0.5, 0.6) is 0 Å². The molecule has 0 fully saturated rings. The van der Waals surface area contributed by atoms with Crippen LogP contribution in [-0.4, -0.2) is 79.8 Å². The number of carbonyl (C=O) groups excluding carboxylic acids is 1. The third kappa shape index (κ3) is 6.13. The number of thiazole rings is 2. The lowest BCUT2D eigenvalue weighted by Crippen LogP contribution is -2.33. The number of nitrogens with one attached hydrogen (secondary N) is 3. The summed E-state index contributed by atoms with van der Waals surface area (Å²) in [6.45, 7) is 0.873. The number of carbonyl (C=O) groups is 1. The maximum atomic E-state index is 12.6. The molecule has 0 saturated heterocycles. The van der Waals surface area contributed by atoms with Gasteiger partial charge in [0.1, 0.15) is 15.7 Å². The van der Waals surface area contributed by atoms with E-state index in [4.69, 9.17) is 5.11 Å². The van der Waals surface area contributed by atoms with E-state index in [2.05, 4.69) is 30.9 Å². The Kier molecular flexibility index (Phi) is 8.40. The van der Waals surface area contributed by atoms with Gasteiger partial charge in [0.05, 0.1) is 52.4 Å². The first-order valence-electron chi connectivity index (χ1n) is 11.1. The minimum absolute atomic E-state index is 0.0803. The lowest BCUT2D eigenvalue weighted by molar-refractivity contribution is 0.0804. The van der Waals surface area contributed by atoms with Gasteiger partial charge in [-0.05, 0) is 25.1 Å². The number of aromatic nitrogens is 3. The molecule has 4 aromatic rings. The molecule has 4 rings (SSSR count). The summed E-state index contributed by atoms with van der Waals surface area (Å²) in [7, 11) is 0. The number of anilines is 3. The average Bonchev–Trinajstić information content (AvgIpc) is 3.51. The van der Waals surface area contributed by atoms with Crippen LogP contribution in [0.25, 0.3) is 20.8 Å². The smallest absolute Gasteiger partial charge is 0.263 e. The Bertz CT molecular complexity index is 1340. The number of aryl methyl sites for hydroxylation is 1. The first-order valence-corrected chi connectivity index (χ1v) is 12.8. The summed E-state index contributed by atoms with van der Waals surface area (Å²) >= 11 is 2.70. The van der Waals surface area contributed by atoms with Crippen molar-refractivity contribution in [2.45, 2.75) is 19.1 Å². The number of rotatable bonds is 11. The van der Waals surface area contributed by atoms with E-state index >= 15 is 0 Å². The number of amides is 1. The number of hydrogen-bond acceptors (Lipinski definition) is 12. The van der Waals surface area contributed by atoms with Crippen molar-refractivity contribution in [1.29, 1.82) is 0 Å². The molecule has 1 amide bonds. The molecule has 0 aliphatic heterocycles. The van der Waals surface area contributed by atoms with E-state index in [0.717, 1.165) is 27.2 Å². The summed E-state index contributed by atoms with van der Waals surface area (Å²) in [5.41, 5.74) is 5.27. The highest BCUT2D eigenvalue weighted by atomic mass is 32.1. The zero-order valence-electron chi connectivity index (χ0n) is 19.3. The molecule has 190 valence electrons. The van der Waals surface area contributed by atoms with Gasteiger partial charge in [-0.3, -0.25) is 4.79 Å². The Labute approximate surface area is 214 Å². The van der Waals surface area contributed by atoms with Gasteiger partial charge in [-0.1, -0.05) is 0 Å². The van der Waals surface area contributed by atoms with Gasteiger partial charge in [0.15, 0.2) is 0 Å². The van der Waals surface area contributed by atoms with Crippen LogP contribution in [0.15, 0.2) is 36.0 Å². The van der Waals surface area contributed by atoms with Crippen molar-refractivity contribution in [3.8, 4) is 10.6 Å². The first-order chi connectivity index (χ1) is 17.4. The molecule has 3 aromatic heterocycles. The average molecular weight is 531 g/mol. The molecule has 0 saturated carbocycles. The second-order valence-corrected chi connectivity index (χ2v) is 9.86. The molecule has 3 heterocycles. The van der Waals surface area contributed by atoms with E-state index in [0.29, 0.717) is 32.6 Å². The maximum absolute atomic E-state index is 12.6. The fraction of sp³-hybridized carbons (Fsp3) is 0.304. The standard InChI is InChI=1S/C23H26N6O5S2/c1-12-21(22(34)26-7-15(33)10-31)36-23(28-12)16-8-25-20(5-18(16)24-6-14(32)9-30)29-13-2-3-17-19(4-13)35-11-27-17/h2-5,8,11,14-15,30-33H,6-7,9-10H2,1H3,(H,26,34)(H2,24,25,29). The zero-order valence-corrected chi connectivity index (χ0v) is 20.9. The highest BCUT2D eigenvalue weighted by molar-refractivity contribution is 7.17. The number of benzene rings is 1. The molecular weight excluding hydrogens is 504 g/mol. The highest BCUT2D eigenvalue weighted by Crippen LogP contribution is 2.35. The van der Waals surface area contributed by atoms with Gasteiger partial charge in [-0.25, -0.2) is 15.0 Å². The predicted octanol–water partition coefficient (Wildman–Crippen LogP) is 1.71. The van der Waals surface area contributed by atoms with Crippen molar-refractivity contribution >= 4 is 56.0 Å². The number of pyridine rings is 1. The van der Waals surface area contributed by atoms with Crippen LogP contribution in [-0.2, 0) is 0 Å². The second-order valence-electron chi connectivity index (χ2n) is 7.97. The predicted molar refractivity (Wildman–Crippen MR) is 140 cm³/mol. The lowest BCUT2D eigenvalue weighted by Gasteiger charge is -2.15. The van der Waals surface area contributed by atoms with Crippen molar-refractivity contribution < 1.29 is 25.2 Å². The van der Waals surface area contributed by atoms with Gasteiger partial charge < -0.3 is 36.4 Å². The topological polar surface area (TPSA) is 173 Å². The second kappa shape index (κ2) is 11.7. The van der Waals surface area contributed by atoms with Crippen LogP contribution < -0.4 is 16.0 Å². The summed E-state index contributed by atoms with van der Waals surface area (Å²) in [6.07, 6.45) is -0.388. The Morgan fingerprint density at radius 3 is 2.64 bits per heavy atom. The van der Waals surface area contributed by atoms with Crippen molar-refractivity contribution in [2.75, 3.05) is 36.9 Å². The summed E-state index contributed by atoms with van der Waals surface area (Å²) in [4.78, 5) is 26.3. The van der Waals surface area contributed by atoms with Crippen LogP contribution in [0.2, 0.25) is 0 Å². The van der Waals surface area contributed by atoms with E-state index in [-0.39, 0.29) is 13.1 Å². The van der Waals surface area contributed by atoms with Crippen LogP contribution in [0.3, 0.4) is 0 Å². The molecule has 0 radical (unpaired) electrons. The van der Waals surface area contributed by atoms with Gasteiger partial charge in [0.2, 0.25) is 0 Å². The number of hydrogen-bond donors (Lipinski definition) is 7. The van der Waals surface area contributed by atoms with Crippen molar-refractivity contribution in [1.82, 2.24) is 20.3 Å². The molecule has 7 N–H and O–H groups in total. The molecule has 36 heavy (non-hydrogen) atoms. The quantitative estimate of drug-likeness (QED) is 0.151.